The lowest BCUT2D eigenvalue weighted by Gasteiger charge is -2.22. The fourth-order valence-electron chi connectivity index (χ4n) is 1.89. The number of hydrogen-bond donors (Lipinski definition) is 1. The summed E-state index contributed by atoms with van der Waals surface area (Å²) in [6.07, 6.45) is 0.0172. The lowest BCUT2D eigenvalue weighted by Crippen LogP contribution is -2.19. The van der Waals surface area contributed by atoms with E-state index in [-0.39, 0.29) is 19.0 Å². The summed E-state index contributed by atoms with van der Waals surface area (Å²) >= 11 is 1.31. The van der Waals surface area contributed by atoms with Gasteiger partial charge in [-0.25, -0.2) is 4.79 Å². The molecule has 0 radical (unpaired) electrons. The number of thioether (sulfide) groups is 1. The quantitative estimate of drug-likeness (QED) is 0.844. The van der Waals surface area contributed by atoms with Crippen molar-refractivity contribution in [3.8, 4) is 0 Å². The molecule has 0 saturated heterocycles. The molecule has 2 rings (SSSR count). The van der Waals surface area contributed by atoms with Crippen molar-refractivity contribution in [2.75, 3.05) is 18.5 Å². The van der Waals surface area contributed by atoms with Crippen molar-refractivity contribution in [3.05, 3.63) is 34.9 Å². The number of carbonyl (C=O) groups excluding carboxylic acids is 2. The van der Waals surface area contributed by atoms with Crippen molar-refractivity contribution >= 4 is 29.4 Å². The maximum Gasteiger partial charge on any atom is 0.346 e. The second kappa shape index (κ2) is 7.17. The first kappa shape index (κ1) is 15.4. The molecule has 1 heterocycles. The molecule has 1 aromatic rings. The number of benzene rings is 1. The van der Waals surface area contributed by atoms with E-state index in [0.29, 0.717) is 17.2 Å². The number of hydrogen-bond acceptors (Lipinski definition) is 6. The van der Waals surface area contributed by atoms with E-state index in [1.807, 2.05) is 24.3 Å². The molecule has 112 valence electrons. The summed E-state index contributed by atoms with van der Waals surface area (Å²) < 4.78 is 10.0. The van der Waals surface area contributed by atoms with E-state index in [2.05, 4.69) is 5.32 Å². The molecule has 21 heavy (non-hydrogen) atoms. The lowest BCUT2D eigenvalue weighted by molar-refractivity contribution is -0.142. The van der Waals surface area contributed by atoms with Gasteiger partial charge >= 0.3 is 11.9 Å². The van der Waals surface area contributed by atoms with Crippen LogP contribution in [0.25, 0.3) is 0 Å². The average Bonchev–Trinajstić information content (AvgIpc) is 2.47. The van der Waals surface area contributed by atoms with Crippen LogP contribution in [0.15, 0.2) is 39.8 Å². The fourth-order valence-corrected chi connectivity index (χ4v) is 2.88. The molecule has 1 aliphatic heterocycles. The van der Waals surface area contributed by atoms with Gasteiger partial charge in [0.15, 0.2) is 0 Å². The molecule has 6 heteroatoms. The van der Waals surface area contributed by atoms with Crippen molar-refractivity contribution in [1.82, 2.24) is 0 Å². The summed E-state index contributed by atoms with van der Waals surface area (Å²) in [5, 5.41) is 3.13. The first-order valence-corrected chi connectivity index (χ1v) is 7.57. The van der Waals surface area contributed by atoms with Gasteiger partial charge in [-0.15, -0.1) is 0 Å². The Balaban J connectivity index is 2.28. The van der Waals surface area contributed by atoms with E-state index in [4.69, 9.17) is 9.47 Å². The number of rotatable bonds is 5. The zero-order chi connectivity index (χ0) is 15.2. The van der Waals surface area contributed by atoms with Crippen LogP contribution in [0.5, 0.6) is 0 Å². The van der Waals surface area contributed by atoms with E-state index in [1.54, 1.807) is 13.8 Å². The number of carbonyl (C=O) groups is 2. The number of esters is 2. The summed E-state index contributed by atoms with van der Waals surface area (Å²) in [7, 11) is 0. The summed E-state index contributed by atoms with van der Waals surface area (Å²) in [5.41, 5.74) is 1.39. The van der Waals surface area contributed by atoms with Gasteiger partial charge in [0.05, 0.1) is 25.3 Å². The summed E-state index contributed by atoms with van der Waals surface area (Å²) in [6, 6.07) is 7.60. The maximum atomic E-state index is 12.1. The minimum atomic E-state index is -0.427. The van der Waals surface area contributed by atoms with Crippen LogP contribution < -0.4 is 5.32 Å². The Morgan fingerprint density at radius 3 is 2.57 bits per heavy atom. The Bertz CT molecular complexity index is 583. The van der Waals surface area contributed by atoms with E-state index in [9.17, 15) is 9.59 Å². The Hall–Kier alpha value is -1.95. The molecular weight excluding hydrogens is 290 g/mol. The molecule has 0 unspecified atom stereocenters. The zero-order valence-corrected chi connectivity index (χ0v) is 12.8. The molecule has 1 aliphatic rings. The van der Waals surface area contributed by atoms with Gasteiger partial charge in [-0.1, -0.05) is 23.9 Å². The van der Waals surface area contributed by atoms with E-state index >= 15 is 0 Å². The first-order valence-electron chi connectivity index (χ1n) is 6.75. The van der Waals surface area contributed by atoms with Crippen LogP contribution in [0.3, 0.4) is 0 Å². The SMILES string of the molecule is CCOC(=O)CC1=C(C(=O)OCC)Sc2ccccc2N1. The van der Waals surface area contributed by atoms with Crippen molar-refractivity contribution in [3.63, 3.8) is 0 Å². The zero-order valence-electron chi connectivity index (χ0n) is 12.0. The van der Waals surface area contributed by atoms with Crippen molar-refractivity contribution < 1.29 is 19.1 Å². The Morgan fingerprint density at radius 1 is 1.14 bits per heavy atom. The highest BCUT2D eigenvalue weighted by molar-refractivity contribution is 8.04. The number of anilines is 1. The maximum absolute atomic E-state index is 12.1. The third kappa shape index (κ3) is 3.78. The average molecular weight is 307 g/mol. The minimum absolute atomic E-state index is 0.0172. The Labute approximate surface area is 127 Å². The molecule has 5 nitrogen and oxygen atoms in total. The second-order valence-corrected chi connectivity index (χ2v) is 5.29. The van der Waals surface area contributed by atoms with Gasteiger partial charge < -0.3 is 14.8 Å². The topological polar surface area (TPSA) is 64.6 Å². The molecule has 0 atom stereocenters. The smallest absolute Gasteiger partial charge is 0.346 e. The van der Waals surface area contributed by atoms with Gasteiger partial charge in [0.25, 0.3) is 0 Å². The Kier molecular flexibility index (Phi) is 5.27. The molecular formula is C15H17NO4S. The van der Waals surface area contributed by atoms with Crippen LogP contribution >= 0.6 is 11.8 Å². The van der Waals surface area contributed by atoms with E-state index in [1.165, 1.54) is 11.8 Å². The Morgan fingerprint density at radius 2 is 1.86 bits per heavy atom. The molecule has 0 aromatic heterocycles. The van der Waals surface area contributed by atoms with Crippen LogP contribution in [0.1, 0.15) is 20.3 Å². The summed E-state index contributed by atoms with van der Waals surface area (Å²) in [4.78, 5) is 25.1. The molecule has 0 aliphatic carbocycles. The number of fused-ring (bicyclic) bond motifs is 1. The van der Waals surface area contributed by atoms with Crippen LogP contribution in [0, 0.1) is 0 Å². The van der Waals surface area contributed by atoms with Gasteiger partial charge in [-0.3, -0.25) is 4.79 Å². The van der Waals surface area contributed by atoms with Gasteiger partial charge in [0.1, 0.15) is 4.91 Å². The summed E-state index contributed by atoms with van der Waals surface area (Å²) in [6.45, 7) is 4.09. The van der Waals surface area contributed by atoms with Crippen LogP contribution in [0.2, 0.25) is 0 Å². The predicted molar refractivity (Wildman–Crippen MR) is 80.8 cm³/mol. The highest BCUT2D eigenvalue weighted by atomic mass is 32.2. The van der Waals surface area contributed by atoms with Crippen molar-refractivity contribution in [2.45, 2.75) is 25.2 Å². The van der Waals surface area contributed by atoms with Crippen molar-refractivity contribution in [1.29, 1.82) is 0 Å². The van der Waals surface area contributed by atoms with Crippen LogP contribution in [-0.2, 0) is 19.1 Å². The molecule has 0 spiro atoms. The molecule has 0 amide bonds. The van der Waals surface area contributed by atoms with Crippen molar-refractivity contribution in [2.24, 2.45) is 0 Å². The van der Waals surface area contributed by atoms with E-state index < -0.39 is 5.97 Å². The highest BCUT2D eigenvalue weighted by Crippen LogP contribution is 2.40. The fraction of sp³-hybridized carbons (Fsp3) is 0.333. The third-order valence-corrected chi connectivity index (χ3v) is 3.94. The number of nitrogens with one attached hydrogen (secondary N) is 1. The predicted octanol–water partition coefficient (Wildman–Crippen LogP) is 2.93. The molecule has 1 aromatic carbocycles. The number of ether oxygens (including phenoxy) is 2. The molecule has 0 fully saturated rings. The van der Waals surface area contributed by atoms with Gasteiger partial charge in [0, 0.05) is 10.6 Å². The third-order valence-electron chi connectivity index (χ3n) is 2.75. The largest absolute Gasteiger partial charge is 0.466 e. The lowest BCUT2D eigenvalue weighted by atomic mass is 10.2. The standard InChI is InChI=1S/C15H17NO4S/c1-3-19-13(17)9-11-14(15(18)20-4-2)21-12-8-6-5-7-10(12)16-11/h5-8,16H,3-4,9H2,1-2H3. The normalized spacial score (nSPS) is 13.2. The van der Waals surface area contributed by atoms with E-state index in [0.717, 1.165) is 10.6 Å². The van der Waals surface area contributed by atoms with Crippen LogP contribution in [0.4, 0.5) is 5.69 Å². The summed E-state index contributed by atoms with van der Waals surface area (Å²) in [5.74, 6) is -0.800. The molecule has 0 bridgehead atoms. The first-order chi connectivity index (χ1) is 10.2. The number of para-hydroxylation sites is 1. The van der Waals surface area contributed by atoms with Gasteiger partial charge in [-0.2, -0.15) is 0 Å². The van der Waals surface area contributed by atoms with Gasteiger partial charge in [-0.05, 0) is 26.0 Å². The van der Waals surface area contributed by atoms with Gasteiger partial charge in [0.2, 0.25) is 0 Å². The monoisotopic (exact) mass is 307 g/mol. The minimum Gasteiger partial charge on any atom is -0.466 e. The van der Waals surface area contributed by atoms with Crippen LogP contribution in [-0.4, -0.2) is 25.2 Å². The second-order valence-electron chi connectivity index (χ2n) is 4.23. The molecule has 1 N–H and O–H groups in total. The molecule has 0 saturated carbocycles. The highest BCUT2D eigenvalue weighted by Gasteiger charge is 2.26.